The Morgan fingerprint density at radius 3 is 3.46 bits per heavy atom. The summed E-state index contributed by atoms with van der Waals surface area (Å²) >= 11 is 0. The van der Waals surface area contributed by atoms with Crippen molar-refractivity contribution < 1.29 is 4.74 Å². The van der Waals surface area contributed by atoms with Gasteiger partial charge in [0.2, 0.25) is 0 Å². The van der Waals surface area contributed by atoms with Crippen LogP contribution in [0.4, 0.5) is 0 Å². The molecule has 1 atom stereocenters. The van der Waals surface area contributed by atoms with Crippen LogP contribution >= 0.6 is 0 Å². The molecule has 5 heteroatoms. The summed E-state index contributed by atoms with van der Waals surface area (Å²) in [4.78, 5) is 12.5. The van der Waals surface area contributed by atoms with E-state index in [9.17, 15) is 0 Å². The fourth-order valence-corrected chi connectivity index (χ4v) is 1.59. The maximum absolute atomic E-state index is 5.23. The van der Waals surface area contributed by atoms with Gasteiger partial charge in [-0.05, 0) is 0 Å². The fourth-order valence-electron chi connectivity index (χ4n) is 1.59. The molecule has 0 aromatic rings. The number of aliphatic imine (C=N–C) groups is 3. The van der Waals surface area contributed by atoms with Gasteiger partial charge in [-0.3, -0.25) is 4.99 Å². The van der Waals surface area contributed by atoms with E-state index in [1.54, 1.807) is 6.34 Å². The summed E-state index contributed by atoms with van der Waals surface area (Å²) in [7, 11) is 0. The molecule has 0 amide bonds. The summed E-state index contributed by atoms with van der Waals surface area (Å²) in [6.07, 6.45) is 3.25. The lowest BCUT2D eigenvalue weighted by Gasteiger charge is -2.24. The summed E-state index contributed by atoms with van der Waals surface area (Å²) in [5.74, 6) is 0. The van der Waals surface area contributed by atoms with E-state index >= 15 is 0 Å². The Hall–Kier alpha value is -1.49. The molecule has 3 aliphatic heterocycles. The molecule has 0 fully saturated rings. The van der Waals surface area contributed by atoms with Crippen molar-refractivity contribution in [2.45, 2.75) is 6.17 Å². The number of nitrogens with zero attached hydrogens (tertiary/aromatic N) is 3. The molecule has 5 nitrogen and oxygen atoms in total. The average molecular weight is 176 g/mol. The van der Waals surface area contributed by atoms with Crippen LogP contribution in [0.15, 0.2) is 26.2 Å². The first-order valence-corrected chi connectivity index (χ1v) is 4.13. The van der Waals surface area contributed by atoms with E-state index in [4.69, 9.17) is 4.74 Å². The molecule has 3 heterocycles. The minimum atomic E-state index is -0.121. The van der Waals surface area contributed by atoms with Crippen molar-refractivity contribution in [2.75, 3.05) is 13.3 Å². The van der Waals surface area contributed by atoms with Gasteiger partial charge >= 0.3 is 0 Å². The van der Waals surface area contributed by atoms with Crippen LogP contribution in [0.5, 0.6) is 0 Å². The summed E-state index contributed by atoms with van der Waals surface area (Å²) in [6, 6.07) is 0. The summed E-state index contributed by atoms with van der Waals surface area (Å²) in [5, 5.41) is 3.15. The fraction of sp³-hybridized carbons (Fsp3) is 0.375. The Labute approximate surface area is 74.9 Å². The van der Waals surface area contributed by atoms with Gasteiger partial charge < -0.3 is 10.1 Å². The number of rotatable bonds is 0. The quantitative estimate of drug-likeness (QED) is 0.551. The molecule has 0 radical (unpaired) electrons. The molecule has 0 aliphatic carbocycles. The summed E-state index contributed by atoms with van der Waals surface area (Å²) < 4.78 is 5.23. The highest BCUT2D eigenvalue weighted by molar-refractivity contribution is 6.15. The zero-order valence-corrected chi connectivity index (χ0v) is 6.90. The van der Waals surface area contributed by atoms with E-state index in [-0.39, 0.29) is 6.17 Å². The highest BCUT2D eigenvalue weighted by Crippen LogP contribution is 2.19. The smallest absolute Gasteiger partial charge is 0.185 e. The third kappa shape index (κ3) is 0.936. The van der Waals surface area contributed by atoms with Crippen molar-refractivity contribution in [3.8, 4) is 0 Å². The second kappa shape index (κ2) is 2.50. The van der Waals surface area contributed by atoms with Crippen molar-refractivity contribution in [3.63, 3.8) is 0 Å². The van der Waals surface area contributed by atoms with E-state index in [1.165, 1.54) is 0 Å². The molecule has 66 valence electrons. The molecule has 0 spiro atoms. The van der Waals surface area contributed by atoms with E-state index in [2.05, 4.69) is 20.3 Å². The van der Waals surface area contributed by atoms with E-state index < -0.39 is 0 Å². The molecule has 1 unspecified atom stereocenters. The maximum Gasteiger partial charge on any atom is 0.185 e. The van der Waals surface area contributed by atoms with Crippen molar-refractivity contribution in [3.05, 3.63) is 11.3 Å². The third-order valence-corrected chi connectivity index (χ3v) is 2.21. The molecule has 0 aromatic heterocycles. The van der Waals surface area contributed by atoms with Crippen LogP contribution in [-0.4, -0.2) is 37.8 Å². The minimum Gasteiger partial charge on any atom is -0.361 e. The molecule has 13 heavy (non-hydrogen) atoms. The second-order valence-electron chi connectivity index (χ2n) is 3.00. The first-order chi connectivity index (χ1) is 6.45. The first kappa shape index (κ1) is 6.97. The molecule has 0 saturated carbocycles. The Morgan fingerprint density at radius 1 is 1.46 bits per heavy atom. The topological polar surface area (TPSA) is 58.3 Å². The van der Waals surface area contributed by atoms with Gasteiger partial charge in [-0.1, -0.05) is 0 Å². The Kier molecular flexibility index (Phi) is 1.34. The normalized spacial score (nSPS) is 29.5. The summed E-state index contributed by atoms with van der Waals surface area (Å²) in [6.45, 7) is 1.15. The number of hydrogen-bond acceptors (Lipinski definition) is 5. The zero-order chi connectivity index (χ0) is 8.67. The van der Waals surface area contributed by atoms with Crippen LogP contribution < -0.4 is 5.32 Å². The van der Waals surface area contributed by atoms with Gasteiger partial charge in [0.15, 0.2) is 6.17 Å². The molecule has 0 bridgehead atoms. The zero-order valence-electron chi connectivity index (χ0n) is 6.90. The highest BCUT2D eigenvalue weighted by atomic mass is 16.5. The number of nitrogens with one attached hydrogen (secondary N) is 1. The standard InChI is InChI=1S/C8H8N4O/c1-5-2-13-4-12-6(5)7-8(9-1)11-3-10-7/h1,3,8,12H,2,4H2. The molecule has 3 aliphatic rings. The van der Waals surface area contributed by atoms with Crippen molar-refractivity contribution >= 4 is 18.3 Å². The largest absolute Gasteiger partial charge is 0.361 e. The third-order valence-electron chi connectivity index (χ3n) is 2.21. The lowest BCUT2D eigenvalue weighted by Crippen LogP contribution is -2.37. The molecule has 0 aromatic carbocycles. The van der Waals surface area contributed by atoms with Gasteiger partial charge in [0.25, 0.3) is 0 Å². The predicted molar refractivity (Wildman–Crippen MR) is 49.2 cm³/mol. The minimum absolute atomic E-state index is 0.121. The Bertz CT molecular complexity index is 366. The lowest BCUT2D eigenvalue weighted by molar-refractivity contribution is 0.135. The summed E-state index contributed by atoms with van der Waals surface area (Å²) in [5.41, 5.74) is 3.02. The molecular weight excluding hydrogens is 168 g/mol. The number of fused-ring (bicyclic) bond motifs is 2. The molecule has 3 rings (SSSR count). The van der Waals surface area contributed by atoms with E-state index in [1.807, 2.05) is 6.21 Å². The number of dihydropyridines is 1. The number of ether oxygens (including phenoxy) is 1. The Morgan fingerprint density at radius 2 is 2.46 bits per heavy atom. The van der Waals surface area contributed by atoms with Crippen molar-refractivity contribution in [2.24, 2.45) is 15.0 Å². The van der Waals surface area contributed by atoms with Crippen LogP contribution in [0.3, 0.4) is 0 Å². The lowest BCUT2D eigenvalue weighted by atomic mass is 10.1. The van der Waals surface area contributed by atoms with Crippen LogP contribution in [0.2, 0.25) is 0 Å². The Balaban J connectivity index is 2.07. The van der Waals surface area contributed by atoms with Gasteiger partial charge in [0, 0.05) is 11.8 Å². The first-order valence-electron chi connectivity index (χ1n) is 4.13. The molecule has 0 saturated heterocycles. The van der Waals surface area contributed by atoms with Gasteiger partial charge in [0.05, 0.1) is 12.3 Å². The van der Waals surface area contributed by atoms with Crippen molar-refractivity contribution in [1.29, 1.82) is 0 Å². The van der Waals surface area contributed by atoms with Crippen LogP contribution in [0.25, 0.3) is 0 Å². The highest BCUT2D eigenvalue weighted by Gasteiger charge is 2.28. The van der Waals surface area contributed by atoms with Gasteiger partial charge in [-0.25, -0.2) is 9.98 Å². The van der Waals surface area contributed by atoms with Gasteiger partial charge in [0.1, 0.15) is 18.8 Å². The van der Waals surface area contributed by atoms with E-state index in [0.29, 0.717) is 13.3 Å². The predicted octanol–water partition coefficient (Wildman–Crippen LogP) is -0.289. The van der Waals surface area contributed by atoms with Crippen molar-refractivity contribution in [1.82, 2.24) is 5.32 Å². The van der Waals surface area contributed by atoms with Crippen LogP contribution in [0, 0.1) is 0 Å². The van der Waals surface area contributed by atoms with Gasteiger partial charge in [-0.2, -0.15) is 0 Å². The monoisotopic (exact) mass is 176 g/mol. The molecule has 1 N–H and O–H groups in total. The molecular formula is C8H8N4O. The van der Waals surface area contributed by atoms with Gasteiger partial charge in [-0.15, -0.1) is 0 Å². The number of hydrogen-bond donors (Lipinski definition) is 1. The average Bonchev–Trinajstić information content (AvgIpc) is 2.65. The van der Waals surface area contributed by atoms with Crippen LogP contribution in [-0.2, 0) is 4.74 Å². The maximum atomic E-state index is 5.23. The van der Waals surface area contributed by atoms with Crippen LogP contribution in [0.1, 0.15) is 0 Å². The van der Waals surface area contributed by atoms with E-state index in [0.717, 1.165) is 17.0 Å². The SMILES string of the molecule is C1=NC2N=CC3=C(NCOC3)C2=N1. The second-order valence-corrected chi connectivity index (χ2v) is 3.00.